The Kier molecular flexibility index (Phi) is 5.02. The van der Waals surface area contributed by atoms with Crippen LogP contribution < -0.4 is 0 Å². The van der Waals surface area contributed by atoms with E-state index in [1.165, 1.54) is 4.90 Å². The number of carbonyl (C=O) groups is 2. The van der Waals surface area contributed by atoms with Crippen LogP contribution in [0.2, 0.25) is 0 Å². The minimum Gasteiger partial charge on any atom is -0.481 e. The molecule has 1 fully saturated rings. The Morgan fingerprint density at radius 3 is 2.25 bits per heavy atom. The van der Waals surface area contributed by atoms with Crippen molar-refractivity contribution in [1.82, 2.24) is 4.90 Å². The molecule has 0 atom stereocenters. The third-order valence-electron chi connectivity index (χ3n) is 2.92. The number of rotatable bonds is 5. The minimum absolute atomic E-state index is 0.125. The molecule has 0 saturated carbocycles. The standard InChI is InChI=1S/C14H25NO5/c1-10(2)6-19-9-14(11(16)17)7-15(8-14)12(18)20-13(3,4)5/h10H,6-9H2,1-5H3,(H,16,17). The molecule has 0 radical (unpaired) electrons. The van der Waals surface area contributed by atoms with Crippen LogP contribution in [0.5, 0.6) is 0 Å². The number of hydrogen-bond acceptors (Lipinski definition) is 4. The lowest BCUT2D eigenvalue weighted by Gasteiger charge is -2.46. The van der Waals surface area contributed by atoms with Gasteiger partial charge in [-0.1, -0.05) is 13.8 Å². The van der Waals surface area contributed by atoms with E-state index in [0.29, 0.717) is 12.5 Å². The smallest absolute Gasteiger partial charge is 0.410 e. The average molecular weight is 287 g/mol. The van der Waals surface area contributed by atoms with Gasteiger partial charge in [-0.15, -0.1) is 0 Å². The zero-order chi connectivity index (χ0) is 15.6. The number of likely N-dealkylation sites (tertiary alicyclic amines) is 1. The number of amides is 1. The first kappa shape index (κ1) is 16.8. The van der Waals surface area contributed by atoms with Crippen LogP contribution in [0.4, 0.5) is 4.79 Å². The largest absolute Gasteiger partial charge is 0.481 e. The van der Waals surface area contributed by atoms with Gasteiger partial charge in [0.25, 0.3) is 0 Å². The van der Waals surface area contributed by atoms with Crippen molar-refractivity contribution >= 4 is 12.1 Å². The average Bonchev–Trinajstić information content (AvgIpc) is 2.17. The highest BCUT2D eigenvalue weighted by Gasteiger charge is 2.52. The van der Waals surface area contributed by atoms with Gasteiger partial charge in [0.1, 0.15) is 11.0 Å². The fraction of sp³-hybridized carbons (Fsp3) is 0.857. The van der Waals surface area contributed by atoms with Gasteiger partial charge in [-0.2, -0.15) is 0 Å². The summed E-state index contributed by atoms with van der Waals surface area (Å²) in [5, 5.41) is 9.32. The maximum absolute atomic E-state index is 11.8. The number of carbonyl (C=O) groups excluding carboxylic acids is 1. The first-order valence-electron chi connectivity index (χ1n) is 6.85. The lowest BCUT2D eigenvalue weighted by Crippen LogP contribution is -2.64. The van der Waals surface area contributed by atoms with Gasteiger partial charge in [-0.05, 0) is 26.7 Å². The Labute approximate surface area is 120 Å². The van der Waals surface area contributed by atoms with Gasteiger partial charge in [-0.3, -0.25) is 4.79 Å². The highest BCUT2D eigenvalue weighted by atomic mass is 16.6. The molecule has 0 spiro atoms. The van der Waals surface area contributed by atoms with Crippen LogP contribution in [0.1, 0.15) is 34.6 Å². The van der Waals surface area contributed by atoms with Crippen molar-refractivity contribution in [3.05, 3.63) is 0 Å². The van der Waals surface area contributed by atoms with E-state index in [-0.39, 0.29) is 19.7 Å². The molecular formula is C14H25NO5. The van der Waals surface area contributed by atoms with Gasteiger partial charge in [0, 0.05) is 19.7 Å². The topological polar surface area (TPSA) is 76.1 Å². The van der Waals surface area contributed by atoms with Crippen molar-refractivity contribution in [2.75, 3.05) is 26.3 Å². The van der Waals surface area contributed by atoms with E-state index >= 15 is 0 Å². The Balaban J connectivity index is 2.50. The van der Waals surface area contributed by atoms with Crippen LogP contribution in [0.3, 0.4) is 0 Å². The van der Waals surface area contributed by atoms with Crippen molar-refractivity contribution < 1.29 is 24.2 Å². The second-order valence-electron chi connectivity index (χ2n) is 6.83. The molecule has 0 aromatic rings. The summed E-state index contributed by atoms with van der Waals surface area (Å²) in [6, 6.07) is 0. The second-order valence-corrected chi connectivity index (χ2v) is 6.83. The van der Waals surface area contributed by atoms with Crippen LogP contribution in [0, 0.1) is 11.3 Å². The van der Waals surface area contributed by atoms with E-state index in [2.05, 4.69) is 0 Å². The van der Waals surface area contributed by atoms with Crippen LogP contribution in [0.15, 0.2) is 0 Å². The predicted octanol–water partition coefficient (Wildman–Crippen LogP) is 1.98. The summed E-state index contributed by atoms with van der Waals surface area (Å²) in [7, 11) is 0. The molecule has 1 saturated heterocycles. The lowest BCUT2D eigenvalue weighted by molar-refractivity contribution is -0.166. The van der Waals surface area contributed by atoms with Crippen molar-refractivity contribution in [3.8, 4) is 0 Å². The fourth-order valence-corrected chi connectivity index (χ4v) is 1.92. The maximum Gasteiger partial charge on any atom is 0.410 e. The molecule has 0 aliphatic carbocycles. The van der Waals surface area contributed by atoms with Gasteiger partial charge >= 0.3 is 12.1 Å². The van der Waals surface area contributed by atoms with Gasteiger partial charge in [0.05, 0.1) is 6.61 Å². The molecule has 0 bridgehead atoms. The predicted molar refractivity (Wildman–Crippen MR) is 73.5 cm³/mol. The van der Waals surface area contributed by atoms with Crippen LogP contribution >= 0.6 is 0 Å². The Bertz CT molecular complexity index is 366. The highest BCUT2D eigenvalue weighted by molar-refractivity contribution is 5.80. The van der Waals surface area contributed by atoms with E-state index < -0.39 is 23.1 Å². The molecule has 116 valence electrons. The quantitative estimate of drug-likeness (QED) is 0.836. The molecule has 1 heterocycles. The summed E-state index contributed by atoms with van der Waals surface area (Å²) in [5.74, 6) is -0.580. The summed E-state index contributed by atoms with van der Waals surface area (Å²) < 4.78 is 10.6. The van der Waals surface area contributed by atoms with Crippen molar-refractivity contribution in [1.29, 1.82) is 0 Å². The normalized spacial score (nSPS) is 17.8. The number of nitrogens with zero attached hydrogens (tertiary/aromatic N) is 1. The number of carboxylic acid groups (broad SMARTS) is 1. The molecular weight excluding hydrogens is 262 g/mol. The minimum atomic E-state index is -0.994. The second kappa shape index (κ2) is 5.99. The Morgan fingerprint density at radius 1 is 1.30 bits per heavy atom. The first-order chi connectivity index (χ1) is 9.06. The molecule has 1 rings (SSSR count). The molecule has 0 aromatic heterocycles. The third-order valence-corrected chi connectivity index (χ3v) is 2.92. The molecule has 1 aliphatic rings. The van der Waals surface area contributed by atoms with Crippen LogP contribution in [0.25, 0.3) is 0 Å². The zero-order valence-corrected chi connectivity index (χ0v) is 12.9. The van der Waals surface area contributed by atoms with E-state index in [9.17, 15) is 14.7 Å². The van der Waals surface area contributed by atoms with Crippen molar-refractivity contribution in [2.24, 2.45) is 11.3 Å². The van der Waals surface area contributed by atoms with E-state index in [1.54, 1.807) is 20.8 Å². The SMILES string of the molecule is CC(C)COCC1(C(=O)O)CN(C(=O)OC(C)(C)C)C1. The van der Waals surface area contributed by atoms with Crippen LogP contribution in [-0.4, -0.2) is 54.0 Å². The summed E-state index contributed by atoms with van der Waals surface area (Å²) in [5.41, 5.74) is -1.57. The number of hydrogen-bond donors (Lipinski definition) is 1. The molecule has 1 amide bonds. The number of ether oxygens (including phenoxy) is 2. The van der Waals surface area contributed by atoms with E-state index in [4.69, 9.17) is 9.47 Å². The van der Waals surface area contributed by atoms with Crippen LogP contribution in [-0.2, 0) is 14.3 Å². The monoisotopic (exact) mass is 287 g/mol. The fourth-order valence-electron chi connectivity index (χ4n) is 1.92. The molecule has 1 aliphatic heterocycles. The summed E-state index contributed by atoms with van der Waals surface area (Å²) in [6.45, 7) is 10.2. The lowest BCUT2D eigenvalue weighted by atomic mass is 9.81. The molecule has 6 heteroatoms. The first-order valence-corrected chi connectivity index (χ1v) is 6.85. The van der Waals surface area contributed by atoms with Gasteiger partial charge in [-0.25, -0.2) is 4.79 Å². The zero-order valence-electron chi connectivity index (χ0n) is 12.9. The van der Waals surface area contributed by atoms with Gasteiger partial charge in [0.15, 0.2) is 0 Å². The van der Waals surface area contributed by atoms with E-state index in [1.807, 2.05) is 13.8 Å². The van der Waals surface area contributed by atoms with Crippen molar-refractivity contribution in [3.63, 3.8) is 0 Å². The maximum atomic E-state index is 11.8. The third kappa shape index (κ3) is 4.37. The van der Waals surface area contributed by atoms with Gasteiger partial charge in [0.2, 0.25) is 0 Å². The number of aliphatic carboxylic acids is 1. The number of carboxylic acids is 1. The molecule has 0 unspecified atom stereocenters. The molecule has 6 nitrogen and oxygen atoms in total. The van der Waals surface area contributed by atoms with Crippen molar-refractivity contribution in [2.45, 2.75) is 40.2 Å². The Morgan fingerprint density at radius 2 is 1.85 bits per heavy atom. The summed E-state index contributed by atoms with van der Waals surface area (Å²) >= 11 is 0. The van der Waals surface area contributed by atoms with Gasteiger partial charge < -0.3 is 19.5 Å². The summed E-state index contributed by atoms with van der Waals surface area (Å²) in [4.78, 5) is 24.6. The molecule has 20 heavy (non-hydrogen) atoms. The molecule has 1 N–H and O–H groups in total. The highest BCUT2D eigenvalue weighted by Crippen LogP contribution is 2.32. The Hall–Kier alpha value is -1.30. The summed E-state index contributed by atoms with van der Waals surface area (Å²) in [6.07, 6.45) is -0.474. The molecule has 0 aromatic carbocycles. The van der Waals surface area contributed by atoms with E-state index in [0.717, 1.165) is 0 Å².